The van der Waals surface area contributed by atoms with Crippen molar-refractivity contribution in [2.45, 2.75) is 57.9 Å². The molecule has 27 heavy (non-hydrogen) atoms. The van der Waals surface area contributed by atoms with Gasteiger partial charge in [-0.05, 0) is 42.2 Å². The van der Waals surface area contributed by atoms with Crippen LogP contribution in [0.4, 0.5) is 0 Å². The van der Waals surface area contributed by atoms with E-state index in [9.17, 15) is 4.79 Å². The summed E-state index contributed by atoms with van der Waals surface area (Å²) in [5.74, 6) is 1.98. The van der Waals surface area contributed by atoms with E-state index in [2.05, 4.69) is 27.1 Å². The van der Waals surface area contributed by atoms with Crippen molar-refractivity contribution in [3.63, 3.8) is 0 Å². The van der Waals surface area contributed by atoms with E-state index in [0.717, 1.165) is 37.9 Å². The summed E-state index contributed by atoms with van der Waals surface area (Å²) in [6.07, 6.45) is 9.69. The number of carbonyl (C=O) groups excluding carboxylic acids is 1. The fourth-order valence-corrected chi connectivity index (χ4v) is 4.91. The fourth-order valence-electron chi connectivity index (χ4n) is 4.02. The van der Waals surface area contributed by atoms with Crippen molar-refractivity contribution < 1.29 is 4.79 Å². The first-order valence-corrected chi connectivity index (χ1v) is 10.9. The van der Waals surface area contributed by atoms with Crippen LogP contribution in [0.15, 0.2) is 16.4 Å². The Labute approximate surface area is 184 Å². The molecule has 1 aromatic heterocycles. The summed E-state index contributed by atoms with van der Waals surface area (Å²) < 4.78 is 0. The van der Waals surface area contributed by atoms with Crippen molar-refractivity contribution in [1.29, 1.82) is 0 Å². The Bertz CT molecular complexity index is 613. The zero-order chi connectivity index (χ0) is 18.2. The largest absolute Gasteiger partial charge is 0.356 e. The second kappa shape index (κ2) is 11.9. The molecule has 0 aromatic carbocycles. The van der Waals surface area contributed by atoms with Gasteiger partial charge in [-0.15, -0.1) is 35.3 Å². The van der Waals surface area contributed by atoms with Gasteiger partial charge in [0.2, 0.25) is 5.91 Å². The van der Waals surface area contributed by atoms with Gasteiger partial charge in [0, 0.05) is 44.5 Å². The van der Waals surface area contributed by atoms with E-state index >= 15 is 0 Å². The summed E-state index contributed by atoms with van der Waals surface area (Å²) in [6, 6.07) is 2.15. The molecule has 7 heteroatoms. The highest BCUT2D eigenvalue weighted by molar-refractivity contribution is 14.0. The summed E-state index contributed by atoms with van der Waals surface area (Å²) >= 11 is 1.81. The highest BCUT2D eigenvalue weighted by Gasteiger charge is 2.21. The molecule has 1 aliphatic carbocycles. The van der Waals surface area contributed by atoms with Gasteiger partial charge in [0.1, 0.15) is 0 Å². The van der Waals surface area contributed by atoms with Crippen LogP contribution in [0.3, 0.4) is 0 Å². The first-order valence-electron chi connectivity index (χ1n) is 10.0. The van der Waals surface area contributed by atoms with Crippen LogP contribution in [0.1, 0.15) is 55.4 Å². The highest BCUT2D eigenvalue weighted by atomic mass is 127. The van der Waals surface area contributed by atoms with Gasteiger partial charge in [0.05, 0.1) is 0 Å². The molecule has 0 radical (unpaired) electrons. The number of halogens is 1. The van der Waals surface area contributed by atoms with Gasteiger partial charge in [0.25, 0.3) is 0 Å². The molecule has 0 atom stereocenters. The standard InChI is InChI=1S/C20H32N4OS.HI/c1-21-20(22-11-4-7-16-5-2-3-6-16)23-12-8-19(25)24-13-9-18-17(15-24)10-14-26-18;/h10,14,16H,2-9,11-13,15H2,1H3,(H2,21,22,23);1H. The van der Waals surface area contributed by atoms with E-state index in [1.54, 1.807) is 18.4 Å². The van der Waals surface area contributed by atoms with Crippen molar-refractivity contribution >= 4 is 47.2 Å². The molecule has 152 valence electrons. The van der Waals surface area contributed by atoms with Crippen molar-refractivity contribution in [3.05, 3.63) is 21.9 Å². The zero-order valence-electron chi connectivity index (χ0n) is 16.3. The lowest BCUT2D eigenvalue weighted by atomic mass is 10.0. The van der Waals surface area contributed by atoms with Crippen molar-refractivity contribution in [2.24, 2.45) is 10.9 Å². The molecule has 3 rings (SSSR count). The summed E-state index contributed by atoms with van der Waals surface area (Å²) in [7, 11) is 1.79. The average molecular weight is 504 g/mol. The fraction of sp³-hybridized carbons (Fsp3) is 0.700. The van der Waals surface area contributed by atoms with Crippen molar-refractivity contribution in [3.8, 4) is 0 Å². The highest BCUT2D eigenvalue weighted by Crippen LogP contribution is 2.28. The Morgan fingerprint density at radius 3 is 2.85 bits per heavy atom. The molecule has 1 aromatic rings. The second-order valence-corrected chi connectivity index (χ2v) is 8.40. The number of aliphatic imine (C=N–C) groups is 1. The number of guanidine groups is 1. The van der Waals surface area contributed by atoms with Gasteiger partial charge >= 0.3 is 0 Å². The summed E-state index contributed by atoms with van der Waals surface area (Å²) in [5.41, 5.74) is 1.32. The number of thiophene rings is 1. The molecule has 2 heterocycles. The van der Waals surface area contributed by atoms with Crippen LogP contribution in [-0.4, -0.2) is 43.4 Å². The summed E-state index contributed by atoms with van der Waals surface area (Å²) in [4.78, 5) is 20.1. The van der Waals surface area contributed by atoms with E-state index in [4.69, 9.17) is 0 Å². The topological polar surface area (TPSA) is 56.7 Å². The van der Waals surface area contributed by atoms with Gasteiger partial charge < -0.3 is 15.5 Å². The van der Waals surface area contributed by atoms with Crippen molar-refractivity contribution in [1.82, 2.24) is 15.5 Å². The normalized spacial score (nSPS) is 17.4. The first kappa shape index (κ1) is 22.5. The Balaban J connectivity index is 0.00000261. The van der Waals surface area contributed by atoms with Crippen LogP contribution in [0, 0.1) is 5.92 Å². The molecule has 1 saturated carbocycles. The van der Waals surface area contributed by atoms with Crippen LogP contribution >= 0.6 is 35.3 Å². The predicted octanol–water partition coefficient (Wildman–Crippen LogP) is 3.78. The van der Waals surface area contributed by atoms with E-state index in [1.165, 1.54) is 49.0 Å². The first-order chi connectivity index (χ1) is 12.8. The van der Waals surface area contributed by atoms with E-state index in [1.807, 2.05) is 4.90 Å². The Morgan fingerprint density at radius 1 is 1.30 bits per heavy atom. The van der Waals surface area contributed by atoms with Gasteiger partial charge in [-0.25, -0.2) is 0 Å². The maximum atomic E-state index is 12.4. The number of hydrogen-bond acceptors (Lipinski definition) is 3. The van der Waals surface area contributed by atoms with Gasteiger partial charge in [-0.3, -0.25) is 9.79 Å². The quantitative estimate of drug-likeness (QED) is 0.257. The maximum absolute atomic E-state index is 12.4. The lowest BCUT2D eigenvalue weighted by molar-refractivity contribution is -0.131. The third kappa shape index (κ3) is 6.93. The molecule has 0 spiro atoms. The summed E-state index contributed by atoms with van der Waals surface area (Å²) in [6.45, 7) is 3.21. The predicted molar refractivity (Wildman–Crippen MR) is 124 cm³/mol. The molecule has 0 saturated heterocycles. The molecular weight excluding hydrogens is 471 g/mol. The number of nitrogens with zero attached hydrogens (tertiary/aromatic N) is 2. The Hall–Kier alpha value is -0.830. The SMILES string of the molecule is CN=C(NCCCC1CCCC1)NCCC(=O)N1CCc2sccc2C1.I. The van der Waals surface area contributed by atoms with E-state index in [0.29, 0.717) is 13.0 Å². The lowest BCUT2D eigenvalue weighted by Gasteiger charge is -2.27. The second-order valence-electron chi connectivity index (χ2n) is 7.40. The molecule has 1 fully saturated rings. The monoisotopic (exact) mass is 504 g/mol. The number of nitrogens with one attached hydrogen (secondary N) is 2. The molecule has 0 bridgehead atoms. The molecule has 0 unspecified atom stereocenters. The Kier molecular flexibility index (Phi) is 9.89. The molecule has 1 amide bonds. The van der Waals surface area contributed by atoms with E-state index in [-0.39, 0.29) is 29.9 Å². The van der Waals surface area contributed by atoms with Gasteiger partial charge in [-0.2, -0.15) is 0 Å². The molecule has 2 N–H and O–H groups in total. The number of amides is 1. The lowest BCUT2D eigenvalue weighted by Crippen LogP contribution is -2.41. The van der Waals surface area contributed by atoms with Crippen LogP contribution in [0.25, 0.3) is 0 Å². The summed E-state index contributed by atoms with van der Waals surface area (Å²) in [5, 5.41) is 8.77. The number of hydrogen-bond donors (Lipinski definition) is 2. The third-order valence-corrected chi connectivity index (χ3v) is 6.59. The molecular formula is C20H33IN4OS. The number of fused-ring (bicyclic) bond motifs is 1. The average Bonchev–Trinajstić information content (AvgIpc) is 3.34. The van der Waals surface area contributed by atoms with Crippen LogP contribution in [0.2, 0.25) is 0 Å². The molecule has 5 nitrogen and oxygen atoms in total. The minimum absolute atomic E-state index is 0. The van der Waals surface area contributed by atoms with Gasteiger partial charge in [0.15, 0.2) is 5.96 Å². The third-order valence-electron chi connectivity index (χ3n) is 5.57. The van der Waals surface area contributed by atoms with Gasteiger partial charge in [-0.1, -0.05) is 25.7 Å². The maximum Gasteiger partial charge on any atom is 0.224 e. The van der Waals surface area contributed by atoms with Crippen LogP contribution < -0.4 is 10.6 Å². The molecule has 1 aliphatic heterocycles. The zero-order valence-corrected chi connectivity index (χ0v) is 19.5. The van der Waals surface area contributed by atoms with Crippen molar-refractivity contribution in [2.75, 3.05) is 26.7 Å². The van der Waals surface area contributed by atoms with Crippen LogP contribution in [0.5, 0.6) is 0 Å². The smallest absolute Gasteiger partial charge is 0.224 e. The number of rotatable bonds is 7. The number of carbonyl (C=O) groups is 1. The minimum atomic E-state index is 0. The Morgan fingerprint density at radius 2 is 2.07 bits per heavy atom. The minimum Gasteiger partial charge on any atom is -0.356 e. The van der Waals surface area contributed by atoms with Crippen LogP contribution in [-0.2, 0) is 17.8 Å². The molecule has 2 aliphatic rings. The van der Waals surface area contributed by atoms with E-state index < -0.39 is 0 Å².